The van der Waals surface area contributed by atoms with Crippen LogP contribution in [0.4, 0.5) is 8.78 Å². The Morgan fingerprint density at radius 1 is 0.545 bits per heavy atom. The molecule has 0 aliphatic carbocycles. The summed E-state index contributed by atoms with van der Waals surface area (Å²) in [5.41, 5.74) is 0. The molecule has 3 rings (SSSR count). The van der Waals surface area contributed by atoms with E-state index in [9.17, 15) is 8.78 Å². The first-order chi connectivity index (χ1) is 10.6. The van der Waals surface area contributed by atoms with Gasteiger partial charge in [-0.3, -0.25) is 0 Å². The van der Waals surface area contributed by atoms with E-state index in [1.54, 1.807) is 24.3 Å². The molecule has 0 bridgehead atoms. The second-order valence-corrected chi connectivity index (χ2v) is 7.25. The highest BCUT2D eigenvalue weighted by Gasteiger charge is 2.28. The van der Waals surface area contributed by atoms with Crippen molar-refractivity contribution in [3.8, 4) is 0 Å². The minimum atomic E-state index is -0.407. The average molecular weight is 331 g/mol. The fourth-order valence-electron chi connectivity index (χ4n) is 2.13. The van der Waals surface area contributed by atoms with Crippen molar-refractivity contribution in [2.75, 3.05) is 0 Å². The molecule has 0 fully saturated rings. The van der Waals surface area contributed by atoms with E-state index in [2.05, 4.69) is 12.6 Å². The molecule has 0 aromatic heterocycles. The van der Waals surface area contributed by atoms with Gasteiger partial charge in [0.2, 0.25) is 0 Å². The van der Waals surface area contributed by atoms with Crippen LogP contribution in [0.3, 0.4) is 0 Å². The van der Waals surface area contributed by atoms with Crippen LogP contribution in [0.15, 0.2) is 92.4 Å². The van der Waals surface area contributed by atoms with Gasteiger partial charge >= 0.3 is 0 Å². The van der Waals surface area contributed by atoms with Gasteiger partial charge in [0.15, 0.2) is 14.7 Å². The largest absolute Gasteiger partial charge is 0.207 e. The van der Waals surface area contributed by atoms with Gasteiger partial charge in [-0.2, -0.15) is 0 Å². The fraction of sp³-hybridized carbons (Fsp3) is 0. The molecule has 0 radical (unpaired) electrons. The van der Waals surface area contributed by atoms with E-state index in [0.717, 1.165) is 19.6 Å². The van der Waals surface area contributed by atoms with Crippen LogP contribution < -0.4 is 0 Å². The summed E-state index contributed by atoms with van der Waals surface area (Å²) in [6.07, 6.45) is 0. The molecule has 0 heterocycles. The maximum absolute atomic E-state index is 13.2. The first-order valence-electron chi connectivity index (χ1n) is 6.68. The molecule has 0 N–H and O–H groups in total. The molecule has 110 valence electrons. The van der Waals surface area contributed by atoms with Crippen molar-refractivity contribution in [3.05, 3.63) is 84.4 Å². The van der Waals surface area contributed by atoms with Crippen molar-refractivity contribution in [2.45, 2.75) is 19.6 Å². The molecule has 22 heavy (non-hydrogen) atoms. The average Bonchev–Trinajstić information content (AvgIpc) is 2.53. The van der Waals surface area contributed by atoms with Crippen molar-refractivity contribution in [1.82, 2.24) is 0 Å². The Kier molecular flexibility index (Phi) is 4.50. The van der Waals surface area contributed by atoms with Crippen molar-refractivity contribution >= 4 is 23.5 Å². The number of hydrogen-bond donors (Lipinski definition) is 1. The molecule has 0 atom stereocenters. The molecule has 0 saturated heterocycles. The molecule has 0 aliphatic rings. The van der Waals surface area contributed by atoms with E-state index < -0.39 is 10.9 Å². The molecule has 0 spiro atoms. The van der Waals surface area contributed by atoms with Crippen molar-refractivity contribution < 1.29 is 8.78 Å². The SMILES string of the molecule is Fc1ccc([S+](c2ccc(F)cc2)c2ccc(S)cc2)cc1. The van der Waals surface area contributed by atoms with Gasteiger partial charge < -0.3 is 0 Å². The Hall–Kier alpha value is -1.78. The van der Waals surface area contributed by atoms with Gasteiger partial charge in [0.25, 0.3) is 0 Å². The van der Waals surface area contributed by atoms with Gasteiger partial charge in [-0.25, -0.2) is 8.78 Å². The van der Waals surface area contributed by atoms with Crippen LogP contribution in [-0.4, -0.2) is 0 Å². The van der Waals surface area contributed by atoms with E-state index >= 15 is 0 Å². The molecule has 3 aromatic carbocycles. The molecule has 4 heteroatoms. The molecular formula is C18H13F2S2+. The smallest absolute Gasteiger partial charge is 0.166 e. The summed E-state index contributed by atoms with van der Waals surface area (Å²) in [7, 11) is -0.407. The van der Waals surface area contributed by atoms with E-state index in [0.29, 0.717) is 0 Å². The Labute approximate surface area is 136 Å². The zero-order valence-corrected chi connectivity index (χ0v) is 13.3. The topological polar surface area (TPSA) is 0 Å². The van der Waals surface area contributed by atoms with Crippen LogP contribution >= 0.6 is 12.6 Å². The quantitative estimate of drug-likeness (QED) is 0.485. The summed E-state index contributed by atoms with van der Waals surface area (Å²) < 4.78 is 26.4. The van der Waals surface area contributed by atoms with Crippen LogP contribution in [0.5, 0.6) is 0 Å². The zero-order chi connectivity index (χ0) is 15.5. The van der Waals surface area contributed by atoms with Crippen LogP contribution in [0.1, 0.15) is 0 Å². The van der Waals surface area contributed by atoms with Gasteiger partial charge in [-0.1, -0.05) is 0 Å². The molecule has 0 aliphatic heterocycles. The Bertz CT molecular complexity index is 642. The van der Waals surface area contributed by atoms with Gasteiger partial charge in [0.1, 0.15) is 11.6 Å². The zero-order valence-electron chi connectivity index (χ0n) is 11.5. The lowest BCUT2D eigenvalue weighted by atomic mass is 10.3. The third-order valence-corrected chi connectivity index (χ3v) is 5.70. The van der Waals surface area contributed by atoms with Crippen molar-refractivity contribution in [2.24, 2.45) is 0 Å². The maximum atomic E-state index is 13.2. The highest BCUT2D eigenvalue weighted by Crippen LogP contribution is 2.31. The number of thiol groups is 1. The standard InChI is InChI=1S/C18H12F2S2/c19-13-1-7-16(8-2-13)22(17-9-3-14(20)4-10-17)18-11-5-15(21)6-12-18/h1-12H/p+1. The summed E-state index contributed by atoms with van der Waals surface area (Å²) in [6, 6.07) is 20.7. The Morgan fingerprint density at radius 3 is 1.23 bits per heavy atom. The minimum absolute atomic E-state index is 0.267. The van der Waals surface area contributed by atoms with Crippen molar-refractivity contribution in [3.63, 3.8) is 0 Å². The highest BCUT2D eigenvalue weighted by atomic mass is 32.2. The highest BCUT2D eigenvalue weighted by molar-refractivity contribution is 7.97. The lowest BCUT2D eigenvalue weighted by molar-refractivity contribution is 0.626. The normalized spacial score (nSPS) is 10.9. The molecule has 0 unspecified atom stereocenters. The molecular weight excluding hydrogens is 318 g/mol. The van der Waals surface area contributed by atoms with E-state index in [4.69, 9.17) is 0 Å². The van der Waals surface area contributed by atoms with Crippen LogP contribution in [0, 0.1) is 11.6 Å². The van der Waals surface area contributed by atoms with Crippen LogP contribution in [0.25, 0.3) is 0 Å². The molecule has 0 nitrogen and oxygen atoms in total. The minimum Gasteiger partial charge on any atom is -0.207 e. The summed E-state index contributed by atoms with van der Waals surface area (Å²) in [5, 5.41) is 0. The van der Waals surface area contributed by atoms with Gasteiger partial charge in [0, 0.05) is 4.90 Å². The molecule has 0 amide bonds. The third-order valence-electron chi connectivity index (χ3n) is 3.17. The molecule has 0 saturated carbocycles. The van der Waals surface area contributed by atoms with Gasteiger partial charge in [-0.15, -0.1) is 12.6 Å². The third kappa shape index (κ3) is 3.34. The van der Waals surface area contributed by atoms with Crippen LogP contribution in [0.2, 0.25) is 0 Å². The van der Waals surface area contributed by atoms with Gasteiger partial charge in [-0.05, 0) is 72.8 Å². The Balaban J connectivity index is 2.10. The number of rotatable bonds is 3. The summed E-state index contributed by atoms with van der Waals surface area (Å²) >= 11 is 4.31. The Morgan fingerprint density at radius 2 is 0.864 bits per heavy atom. The van der Waals surface area contributed by atoms with E-state index in [-0.39, 0.29) is 11.6 Å². The van der Waals surface area contributed by atoms with E-state index in [1.807, 2.05) is 24.3 Å². The summed E-state index contributed by atoms with van der Waals surface area (Å²) in [6.45, 7) is 0. The van der Waals surface area contributed by atoms with Crippen LogP contribution in [-0.2, 0) is 10.9 Å². The van der Waals surface area contributed by atoms with Gasteiger partial charge in [0.05, 0.1) is 10.9 Å². The number of benzene rings is 3. The molecule has 3 aromatic rings. The van der Waals surface area contributed by atoms with Crippen molar-refractivity contribution in [1.29, 1.82) is 0 Å². The number of halogens is 2. The first kappa shape index (κ1) is 15.1. The lowest BCUT2D eigenvalue weighted by Gasteiger charge is -2.08. The number of hydrogen-bond acceptors (Lipinski definition) is 1. The van der Waals surface area contributed by atoms with E-state index in [1.165, 1.54) is 24.3 Å². The first-order valence-corrected chi connectivity index (χ1v) is 8.35. The maximum Gasteiger partial charge on any atom is 0.166 e. The monoisotopic (exact) mass is 331 g/mol. The predicted octanol–water partition coefficient (Wildman–Crippen LogP) is 5.35. The fourth-order valence-corrected chi connectivity index (χ4v) is 4.32. The predicted molar refractivity (Wildman–Crippen MR) is 88.7 cm³/mol. The second-order valence-electron chi connectivity index (χ2n) is 4.71. The summed E-state index contributed by atoms with van der Waals surface area (Å²) in [4.78, 5) is 3.93. The lowest BCUT2D eigenvalue weighted by Crippen LogP contribution is -2.05. The summed E-state index contributed by atoms with van der Waals surface area (Å²) in [5.74, 6) is -0.533. The second kappa shape index (κ2) is 6.55.